The van der Waals surface area contributed by atoms with E-state index in [0.717, 1.165) is 43.8 Å². The zero-order valence-electron chi connectivity index (χ0n) is 9.93. The minimum atomic E-state index is 0.0855. The first-order chi connectivity index (χ1) is 8.20. The van der Waals surface area contributed by atoms with Crippen LogP contribution in [0.4, 0.5) is 5.69 Å². The predicted molar refractivity (Wildman–Crippen MR) is 66.3 cm³/mol. The van der Waals surface area contributed by atoms with E-state index in [2.05, 4.69) is 4.90 Å². The average molecular weight is 232 g/mol. The molecular weight excluding hydrogens is 216 g/mol. The second kappa shape index (κ2) is 4.99. The number of hydrogen-bond acceptors (Lipinski definition) is 3. The molecule has 1 amide bonds. The highest BCUT2D eigenvalue weighted by molar-refractivity contribution is 5.94. The van der Waals surface area contributed by atoms with Gasteiger partial charge in [-0.25, -0.2) is 0 Å². The highest BCUT2D eigenvalue weighted by Gasteiger charge is 2.15. The Balaban J connectivity index is 2.03. The number of amides is 1. The molecule has 0 atom stereocenters. The largest absolute Gasteiger partial charge is 0.368 e. The molecule has 0 unspecified atom stereocenters. The van der Waals surface area contributed by atoms with Crippen molar-refractivity contribution in [3.63, 3.8) is 0 Å². The van der Waals surface area contributed by atoms with E-state index in [1.807, 2.05) is 24.3 Å². The van der Waals surface area contributed by atoms with Gasteiger partial charge in [-0.2, -0.15) is 0 Å². The molecule has 4 heteroatoms. The van der Waals surface area contributed by atoms with Gasteiger partial charge >= 0.3 is 0 Å². The van der Waals surface area contributed by atoms with E-state index in [9.17, 15) is 9.59 Å². The summed E-state index contributed by atoms with van der Waals surface area (Å²) in [4.78, 5) is 25.8. The molecule has 0 spiro atoms. The number of rotatable bonds is 3. The smallest absolute Gasteiger partial charge is 0.209 e. The Morgan fingerprint density at radius 3 is 2.18 bits per heavy atom. The van der Waals surface area contributed by atoms with Crippen molar-refractivity contribution in [2.45, 2.75) is 6.92 Å². The number of carbonyl (C=O) groups is 2. The van der Waals surface area contributed by atoms with E-state index in [1.54, 1.807) is 11.8 Å². The van der Waals surface area contributed by atoms with Gasteiger partial charge in [-0.3, -0.25) is 9.59 Å². The molecule has 0 aromatic heterocycles. The number of piperazine rings is 1. The van der Waals surface area contributed by atoms with Gasteiger partial charge in [0.15, 0.2) is 5.78 Å². The standard InChI is InChI=1S/C13H16N2O2/c1-11(17)12-2-4-13(5-3-12)15-8-6-14(10-16)7-9-15/h2-5,10H,6-9H2,1H3. The fourth-order valence-corrected chi connectivity index (χ4v) is 1.99. The van der Waals surface area contributed by atoms with Gasteiger partial charge in [-0.05, 0) is 31.2 Å². The summed E-state index contributed by atoms with van der Waals surface area (Å²) < 4.78 is 0. The lowest BCUT2D eigenvalue weighted by molar-refractivity contribution is -0.118. The summed E-state index contributed by atoms with van der Waals surface area (Å²) in [7, 11) is 0. The SMILES string of the molecule is CC(=O)c1ccc(N2CCN(C=O)CC2)cc1. The third-order valence-corrected chi connectivity index (χ3v) is 3.10. The maximum Gasteiger partial charge on any atom is 0.209 e. The van der Waals surface area contributed by atoms with Crippen LogP contribution >= 0.6 is 0 Å². The van der Waals surface area contributed by atoms with Crippen molar-refractivity contribution in [3.8, 4) is 0 Å². The maximum atomic E-state index is 11.2. The molecule has 0 bridgehead atoms. The molecule has 0 aliphatic carbocycles. The summed E-state index contributed by atoms with van der Waals surface area (Å²) in [5.74, 6) is 0.0855. The van der Waals surface area contributed by atoms with Crippen LogP contribution in [-0.4, -0.2) is 43.3 Å². The molecule has 1 heterocycles. The molecule has 1 aromatic carbocycles. The number of Topliss-reactive ketones (excluding diaryl/α,β-unsaturated/α-hetero) is 1. The number of nitrogens with zero attached hydrogens (tertiary/aromatic N) is 2. The summed E-state index contributed by atoms with van der Waals surface area (Å²) in [5.41, 5.74) is 1.85. The van der Waals surface area contributed by atoms with Crippen LogP contribution < -0.4 is 4.90 Å². The summed E-state index contributed by atoms with van der Waals surface area (Å²) in [6.07, 6.45) is 0.899. The second-order valence-electron chi connectivity index (χ2n) is 4.23. The molecule has 90 valence electrons. The van der Waals surface area contributed by atoms with Gasteiger partial charge < -0.3 is 9.80 Å². The summed E-state index contributed by atoms with van der Waals surface area (Å²) in [6, 6.07) is 7.63. The Bertz CT molecular complexity index is 406. The van der Waals surface area contributed by atoms with Crippen molar-refractivity contribution in [2.24, 2.45) is 0 Å². The molecule has 1 fully saturated rings. The van der Waals surface area contributed by atoms with Crippen molar-refractivity contribution in [1.82, 2.24) is 4.90 Å². The van der Waals surface area contributed by atoms with E-state index in [4.69, 9.17) is 0 Å². The summed E-state index contributed by atoms with van der Waals surface area (Å²) in [6.45, 7) is 4.78. The zero-order chi connectivity index (χ0) is 12.3. The first-order valence-electron chi connectivity index (χ1n) is 5.76. The highest BCUT2D eigenvalue weighted by Crippen LogP contribution is 2.17. The van der Waals surface area contributed by atoms with Gasteiger partial charge in [-0.15, -0.1) is 0 Å². The van der Waals surface area contributed by atoms with E-state index in [-0.39, 0.29) is 5.78 Å². The number of ketones is 1. The third kappa shape index (κ3) is 2.64. The maximum absolute atomic E-state index is 11.2. The first-order valence-corrected chi connectivity index (χ1v) is 5.76. The third-order valence-electron chi connectivity index (χ3n) is 3.10. The molecule has 17 heavy (non-hydrogen) atoms. The first kappa shape index (κ1) is 11.6. The lowest BCUT2D eigenvalue weighted by Crippen LogP contribution is -2.45. The minimum absolute atomic E-state index is 0.0855. The Morgan fingerprint density at radius 2 is 1.71 bits per heavy atom. The van der Waals surface area contributed by atoms with Gasteiger partial charge in [-0.1, -0.05) is 0 Å². The topological polar surface area (TPSA) is 40.6 Å². The van der Waals surface area contributed by atoms with Gasteiger partial charge in [0.1, 0.15) is 0 Å². The van der Waals surface area contributed by atoms with E-state index < -0.39 is 0 Å². The molecule has 0 radical (unpaired) electrons. The minimum Gasteiger partial charge on any atom is -0.368 e. The van der Waals surface area contributed by atoms with Gasteiger partial charge in [0.2, 0.25) is 6.41 Å². The highest BCUT2D eigenvalue weighted by atomic mass is 16.1. The van der Waals surface area contributed by atoms with Gasteiger partial charge in [0.25, 0.3) is 0 Å². The Morgan fingerprint density at radius 1 is 1.12 bits per heavy atom. The quantitative estimate of drug-likeness (QED) is 0.580. The van der Waals surface area contributed by atoms with Crippen LogP contribution in [0.2, 0.25) is 0 Å². The molecular formula is C13H16N2O2. The van der Waals surface area contributed by atoms with Crippen molar-refractivity contribution < 1.29 is 9.59 Å². The molecule has 1 aromatic rings. The van der Waals surface area contributed by atoms with Crippen LogP contribution in [-0.2, 0) is 4.79 Å². The van der Waals surface area contributed by atoms with E-state index >= 15 is 0 Å². The predicted octanol–water partition coefficient (Wildman–Crippen LogP) is 1.17. The van der Waals surface area contributed by atoms with E-state index in [1.165, 1.54) is 0 Å². The summed E-state index contributed by atoms with van der Waals surface area (Å²) in [5, 5.41) is 0. The van der Waals surface area contributed by atoms with Crippen LogP contribution in [0.15, 0.2) is 24.3 Å². The molecule has 1 aliphatic rings. The van der Waals surface area contributed by atoms with Crippen LogP contribution in [0.1, 0.15) is 17.3 Å². The van der Waals surface area contributed by atoms with Crippen molar-refractivity contribution in [3.05, 3.63) is 29.8 Å². The van der Waals surface area contributed by atoms with Crippen LogP contribution in [0.5, 0.6) is 0 Å². The van der Waals surface area contributed by atoms with Crippen LogP contribution in [0.3, 0.4) is 0 Å². The van der Waals surface area contributed by atoms with Crippen molar-refractivity contribution >= 4 is 17.9 Å². The molecule has 2 rings (SSSR count). The van der Waals surface area contributed by atoms with Crippen LogP contribution in [0.25, 0.3) is 0 Å². The molecule has 0 saturated carbocycles. The summed E-state index contributed by atoms with van der Waals surface area (Å²) >= 11 is 0. The van der Waals surface area contributed by atoms with E-state index in [0.29, 0.717) is 0 Å². The number of hydrogen-bond donors (Lipinski definition) is 0. The fourth-order valence-electron chi connectivity index (χ4n) is 1.99. The zero-order valence-corrected chi connectivity index (χ0v) is 9.93. The lowest BCUT2D eigenvalue weighted by atomic mass is 10.1. The lowest BCUT2D eigenvalue weighted by Gasteiger charge is -2.34. The van der Waals surface area contributed by atoms with Gasteiger partial charge in [0.05, 0.1) is 0 Å². The van der Waals surface area contributed by atoms with Crippen molar-refractivity contribution in [1.29, 1.82) is 0 Å². The monoisotopic (exact) mass is 232 g/mol. The average Bonchev–Trinajstić information content (AvgIpc) is 2.39. The normalized spacial score (nSPS) is 15.8. The van der Waals surface area contributed by atoms with Crippen molar-refractivity contribution in [2.75, 3.05) is 31.1 Å². The van der Waals surface area contributed by atoms with Crippen LogP contribution in [0, 0.1) is 0 Å². The molecule has 1 aliphatic heterocycles. The number of benzene rings is 1. The number of carbonyl (C=O) groups excluding carboxylic acids is 2. The Kier molecular flexibility index (Phi) is 3.42. The molecule has 4 nitrogen and oxygen atoms in total. The number of anilines is 1. The Hall–Kier alpha value is -1.84. The fraction of sp³-hybridized carbons (Fsp3) is 0.385. The second-order valence-corrected chi connectivity index (χ2v) is 4.23. The Labute approximate surface area is 101 Å². The molecule has 1 saturated heterocycles. The molecule has 0 N–H and O–H groups in total. The van der Waals surface area contributed by atoms with Gasteiger partial charge in [0, 0.05) is 37.4 Å².